The van der Waals surface area contributed by atoms with E-state index in [4.69, 9.17) is 16.6 Å². The Labute approximate surface area is 166 Å². The van der Waals surface area contributed by atoms with Crippen LogP contribution in [-0.4, -0.2) is 34.8 Å². The molecule has 112 valence electrons. The molecule has 0 radical (unpaired) electrons. The van der Waals surface area contributed by atoms with Gasteiger partial charge in [-0.05, 0) is 6.04 Å². The van der Waals surface area contributed by atoms with E-state index in [1.807, 2.05) is 0 Å². The maximum absolute atomic E-state index is 12.4. The Morgan fingerprint density at radius 1 is 1.86 bits per heavy atom. The second kappa shape index (κ2) is 8.67. The van der Waals surface area contributed by atoms with Crippen molar-refractivity contribution in [3.05, 3.63) is 22.7 Å². The Balaban J connectivity index is 0.00000544. The number of nitrogens with two attached hydrogens (primary N) is 1. The third kappa shape index (κ3) is 5.84. The normalized spacial score (nSPS) is 45.0. The molecule has 0 spiro atoms. The summed E-state index contributed by atoms with van der Waals surface area (Å²) >= 11 is 0. The summed E-state index contributed by atoms with van der Waals surface area (Å²) in [5.74, 6) is -1.05. The molecule has 0 saturated carbocycles. The van der Waals surface area contributed by atoms with Gasteiger partial charge in [-0.2, -0.15) is 4.98 Å². The van der Waals surface area contributed by atoms with Crippen LogP contribution in [0.4, 0.5) is 5.82 Å². The molecule has 13 heteroatoms. The van der Waals surface area contributed by atoms with E-state index >= 15 is 0 Å². The van der Waals surface area contributed by atoms with Crippen molar-refractivity contribution in [1.29, 1.82) is 1.43 Å². The van der Waals surface area contributed by atoms with E-state index in [9.17, 15) is 19.1 Å². The topological polar surface area (TPSA) is 163 Å². The van der Waals surface area contributed by atoms with Gasteiger partial charge < -0.3 is 34.4 Å². The summed E-state index contributed by atoms with van der Waals surface area (Å²) < 4.78 is 111. The zero-order valence-corrected chi connectivity index (χ0v) is 12.0. The van der Waals surface area contributed by atoms with E-state index in [1.165, 1.54) is 0 Å². The molecule has 0 aromatic carbocycles. The van der Waals surface area contributed by atoms with Crippen LogP contribution < -0.4 is 58.9 Å². The molecule has 0 amide bonds. The molecule has 0 bridgehead atoms. The van der Waals surface area contributed by atoms with Crippen LogP contribution >= 0.6 is 7.82 Å². The molecule has 1 saturated heterocycles. The number of phosphoric acid groups is 1. The molecule has 3 atom stereocenters. The predicted molar refractivity (Wildman–Crippen MR) is 61.0 cm³/mol. The van der Waals surface area contributed by atoms with Crippen LogP contribution in [0.2, 0.25) is 2.82 Å². The van der Waals surface area contributed by atoms with Crippen molar-refractivity contribution in [2.45, 2.75) is 24.7 Å². The third-order valence-electron chi connectivity index (χ3n) is 1.75. The average molecular weight is 331 g/mol. The van der Waals surface area contributed by atoms with Gasteiger partial charge in [0.1, 0.15) is 18.1 Å². The fourth-order valence-corrected chi connectivity index (χ4v) is 1.24. The number of aliphatic hydroxyl groups is 1. The summed E-state index contributed by atoms with van der Waals surface area (Å²) in [6, 6.07) is -1.21. The molecule has 10 nitrogen and oxygen atoms in total. The van der Waals surface area contributed by atoms with Crippen molar-refractivity contribution in [3.63, 3.8) is 0 Å². The second-order valence-electron chi connectivity index (χ2n) is 3.12. The maximum atomic E-state index is 12.4. The molecule has 22 heavy (non-hydrogen) atoms. The van der Waals surface area contributed by atoms with Crippen LogP contribution in [0.1, 0.15) is 24.9 Å². The van der Waals surface area contributed by atoms with Gasteiger partial charge in [0.25, 0.3) is 0 Å². The molecule has 1 aliphatic heterocycles. The fraction of sp³-hybridized carbons (Fsp3) is 0.556. The van der Waals surface area contributed by atoms with E-state index < -0.39 is 67.4 Å². The number of nitrogens with zero attached hydrogens (tertiary/aromatic N) is 2. The van der Waals surface area contributed by atoms with Crippen LogP contribution in [0.25, 0.3) is 0 Å². The average Bonchev–Trinajstić information content (AvgIpc) is 2.72. The smallest absolute Gasteiger partial charge is 0.790 e. The summed E-state index contributed by atoms with van der Waals surface area (Å²) in [5, 5.41) is 3.80. The van der Waals surface area contributed by atoms with E-state index in [0.29, 0.717) is 0 Å². The minimum absolute atomic E-state index is 0. The van der Waals surface area contributed by atoms with Crippen LogP contribution in [0.3, 0.4) is 0 Å². The Kier molecular flexibility index (Phi) is 3.48. The monoisotopic (exact) mass is 331 g/mol. The van der Waals surface area contributed by atoms with Gasteiger partial charge in [-0.15, -0.1) is 0 Å². The number of hydrogen-bond donors (Lipinski definition) is 2. The quantitative estimate of drug-likeness (QED) is 0.380. The van der Waals surface area contributed by atoms with Gasteiger partial charge in [0.05, 0.1) is 30.1 Å². The summed E-state index contributed by atoms with van der Waals surface area (Å²) in [5.41, 5.74) is -2.21. The first-order valence-electron chi connectivity index (χ1n) is 10.4. The summed E-state index contributed by atoms with van der Waals surface area (Å²) in [7, 11) is -6.30. The first-order chi connectivity index (χ1) is 14.1. The standard InChI is InChI=1S/C9H14N3O7P.2Li/c10-7-1-2-12(9(14)11-7)8-3-5(13)6(19-8)4-18-20(15,16)17;;/h1-2,5-6,8,13H,3-4H2,(H2,10,11,14)(H2,15,16,17);;/q;2*+1/p-2/t5-,6+,8+;;/m0../s1/i1D,2D,3D2,4D2,5D,6D,8D,13D;;/hD2. The molecule has 1 aliphatic rings. The molecule has 0 aliphatic carbocycles. The fourth-order valence-electron chi connectivity index (χ4n) is 1.05. The van der Waals surface area contributed by atoms with Crippen molar-refractivity contribution < 1.29 is 81.6 Å². The zero-order valence-electron chi connectivity index (χ0n) is 23.1. The van der Waals surface area contributed by atoms with E-state index in [0.717, 1.165) is 0 Å². The Morgan fingerprint density at radius 2 is 2.59 bits per heavy atom. The van der Waals surface area contributed by atoms with Gasteiger partial charge >= 0.3 is 43.4 Å². The van der Waals surface area contributed by atoms with Gasteiger partial charge in [-0.3, -0.25) is 4.57 Å². The summed E-state index contributed by atoms with van der Waals surface area (Å²) in [4.78, 5) is 37.3. The minimum Gasteiger partial charge on any atom is -0.790 e. The summed E-state index contributed by atoms with van der Waals surface area (Å²) in [6.45, 7) is -4.30. The van der Waals surface area contributed by atoms with E-state index in [-0.39, 0.29) is 43.4 Å². The van der Waals surface area contributed by atoms with Crippen LogP contribution in [0.15, 0.2) is 17.0 Å². The number of nitrogen functional groups attached to an aromatic ring is 1. The first-order valence-corrected chi connectivity index (χ1v) is 6.05. The molecule has 1 aromatic heterocycles. The number of hydrogen-bond acceptors (Lipinski definition) is 9. The molecule has 0 unspecified atom stereocenters. The van der Waals surface area contributed by atoms with E-state index in [1.54, 1.807) is 0 Å². The number of rotatable bonds is 6. The molecule has 2 rings (SSSR count). The van der Waals surface area contributed by atoms with Crippen molar-refractivity contribution in [2.75, 3.05) is 12.3 Å². The molecule has 2 heterocycles. The molecular formula is C9H12Li2N3O7P. The Hall–Kier alpha value is -0.0952. The largest absolute Gasteiger partial charge is 1.00 e. The molecule has 3 N–H and O–H groups in total. The van der Waals surface area contributed by atoms with Crippen LogP contribution in [0, 0.1) is 0 Å². The first kappa shape index (κ1) is 8.84. The maximum Gasteiger partial charge on any atom is 1.00 e. The number of aromatic nitrogens is 2. The van der Waals surface area contributed by atoms with Gasteiger partial charge in [-0.25, -0.2) is 4.79 Å². The predicted octanol–water partition coefficient (Wildman–Crippen LogP) is -8.67. The van der Waals surface area contributed by atoms with Gasteiger partial charge in [0.2, 0.25) is 1.43 Å². The van der Waals surface area contributed by atoms with Gasteiger partial charge in [0.15, 0.2) is 2.82 Å². The summed E-state index contributed by atoms with van der Waals surface area (Å²) in [6.07, 6.45) is -17.6. The number of phosphoric ester groups is 1. The number of ether oxygens (including phenoxy) is 1. The van der Waals surface area contributed by atoms with Crippen molar-refractivity contribution in [1.82, 2.24) is 9.55 Å². The minimum atomic E-state index is -6.30. The SMILES string of the molecule is [2H]O[C@@]1([2H])C([2H])([2H])[C@]([2H])(n2c([2H])c([2H])c(N([2H])[2H])nc2=O)O[C@]1([2H])C([2H])([2H])OP(=O)([O-])[O-].[Li+].[Li+]. The van der Waals surface area contributed by atoms with Crippen molar-refractivity contribution in [2.24, 2.45) is 0 Å². The van der Waals surface area contributed by atoms with Gasteiger partial charge in [0, 0.05) is 15.3 Å². The van der Waals surface area contributed by atoms with Crippen LogP contribution in [0.5, 0.6) is 0 Å². The molecule has 1 aromatic rings. The number of anilines is 1. The molecular weight excluding hydrogens is 307 g/mol. The van der Waals surface area contributed by atoms with Gasteiger partial charge in [-0.1, -0.05) is 0 Å². The second-order valence-corrected chi connectivity index (χ2v) is 4.20. The zero-order chi connectivity index (χ0) is 25.3. The Bertz CT molecular complexity index is 1050. The third-order valence-corrected chi connectivity index (χ3v) is 2.07. The molecule has 1 fully saturated rings. The van der Waals surface area contributed by atoms with Crippen molar-refractivity contribution >= 4 is 13.6 Å². The van der Waals surface area contributed by atoms with E-state index in [2.05, 4.69) is 19.4 Å². The van der Waals surface area contributed by atoms with Crippen molar-refractivity contribution in [3.8, 4) is 0 Å². The van der Waals surface area contributed by atoms with Crippen LogP contribution in [-0.2, 0) is 13.8 Å². The Morgan fingerprint density at radius 3 is 3.18 bits per heavy atom.